The summed E-state index contributed by atoms with van der Waals surface area (Å²) in [6, 6.07) is 12.1. The number of hydrogen-bond donors (Lipinski definition) is 1. The summed E-state index contributed by atoms with van der Waals surface area (Å²) in [5, 5.41) is 0. The molecule has 20 heavy (non-hydrogen) atoms. The zero-order valence-corrected chi connectivity index (χ0v) is 11.6. The van der Waals surface area contributed by atoms with Crippen LogP contribution in [-0.2, 0) is 13.0 Å². The van der Waals surface area contributed by atoms with Crippen LogP contribution in [0.15, 0.2) is 42.6 Å². The molecule has 100 valence electrons. The molecule has 0 spiro atoms. The molecule has 1 atom stereocenters. The van der Waals surface area contributed by atoms with Crippen molar-refractivity contribution in [3.8, 4) is 5.75 Å². The molecule has 1 aliphatic heterocycles. The average Bonchev–Trinajstić information content (AvgIpc) is 3.00. The van der Waals surface area contributed by atoms with Gasteiger partial charge in [-0.25, -0.2) is 4.98 Å². The number of hydrogen-bond acceptors (Lipinski definition) is 3. The minimum Gasteiger partial charge on any atom is -0.488 e. The zero-order valence-electron chi connectivity index (χ0n) is 10.7. The topological polar surface area (TPSA) is 42.8 Å². The van der Waals surface area contributed by atoms with Crippen molar-refractivity contribution >= 4 is 23.4 Å². The Balaban J connectivity index is 1.67. The van der Waals surface area contributed by atoms with Gasteiger partial charge >= 0.3 is 0 Å². The van der Waals surface area contributed by atoms with E-state index in [-0.39, 0.29) is 6.10 Å². The predicted octanol–water partition coefficient (Wildman–Crippen LogP) is 3.10. The molecule has 4 rings (SSSR count). The second-order valence-electron chi connectivity index (χ2n) is 4.97. The molecule has 3 aromatic rings. The average molecular weight is 283 g/mol. The molecule has 5 heteroatoms. The van der Waals surface area contributed by atoms with E-state index in [2.05, 4.69) is 16.0 Å². The van der Waals surface area contributed by atoms with Crippen molar-refractivity contribution in [3.05, 3.63) is 52.9 Å². The van der Waals surface area contributed by atoms with Gasteiger partial charge in [-0.1, -0.05) is 18.2 Å². The molecular formula is C15H13N3OS. The Kier molecular flexibility index (Phi) is 2.60. The number of aromatic nitrogens is 3. The van der Waals surface area contributed by atoms with Gasteiger partial charge in [0.15, 0.2) is 10.4 Å². The SMILES string of the molecule is S=c1[nH]c2cccnc2n1CC1Cc2ccccc2O1. The number of H-pyrrole nitrogens is 1. The monoisotopic (exact) mass is 283 g/mol. The lowest BCUT2D eigenvalue weighted by molar-refractivity contribution is 0.210. The van der Waals surface area contributed by atoms with E-state index in [0.29, 0.717) is 11.3 Å². The first-order valence-corrected chi connectivity index (χ1v) is 7.00. The summed E-state index contributed by atoms with van der Waals surface area (Å²) in [4.78, 5) is 7.58. The lowest BCUT2D eigenvalue weighted by Crippen LogP contribution is -2.21. The van der Waals surface area contributed by atoms with Gasteiger partial charge in [0.2, 0.25) is 0 Å². The summed E-state index contributed by atoms with van der Waals surface area (Å²) in [5.74, 6) is 0.983. The van der Waals surface area contributed by atoms with Gasteiger partial charge < -0.3 is 9.72 Å². The molecule has 1 unspecified atom stereocenters. The van der Waals surface area contributed by atoms with Gasteiger partial charge in [0, 0.05) is 12.6 Å². The summed E-state index contributed by atoms with van der Waals surface area (Å²) < 4.78 is 8.68. The van der Waals surface area contributed by atoms with Crippen LogP contribution in [-0.4, -0.2) is 20.6 Å². The van der Waals surface area contributed by atoms with E-state index in [9.17, 15) is 0 Å². The number of rotatable bonds is 2. The van der Waals surface area contributed by atoms with Gasteiger partial charge in [0.05, 0.1) is 12.1 Å². The highest BCUT2D eigenvalue weighted by molar-refractivity contribution is 7.71. The van der Waals surface area contributed by atoms with E-state index in [0.717, 1.165) is 23.3 Å². The Bertz CT molecular complexity index is 811. The number of ether oxygens (including phenoxy) is 1. The van der Waals surface area contributed by atoms with Crippen molar-refractivity contribution in [2.45, 2.75) is 19.1 Å². The molecule has 3 heterocycles. The number of benzene rings is 1. The Hall–Kier alpha value is -2.14. The minimum absolute atomic E-state index is 0.111. The first-order valence-electron chi connectivity index (χ1n) is 6.59. The number of aromatic amines is 1. The Morgan fingerprint density at radius 2 is 2.20 bits per heavy atom. The molecule has 0 radical (unpaired) electrons. The van der Waals surface area contributed by atoms with Crippen LogP contribution < -0.4 is 4.74 Å². The van der Waals surface area contributed by atoms with E-state index in [1.165, 1.54) is 5.56 Å². The molecule has 1 aromatic carbocycles. The largest absolute Gasteiger partial charge is 0.488 e. The highest BCUT2D eigenvalue weighted by Gasteiger charge is 2.23. The number of imidazole rings is 1. The first-order chi connectivity index (χ1) is 9.81. The Labute approximate surface area is 121 Å². The smallest absolute Gasteiger partial charge is 0.179 e. The van der Waals surface area contributed by atoms with Crippen molar-refractivity contribution in [2.75, 3.05) is 0 Å². The van der Waals surface area contributed by atoms with E-state index >= 15 is 0 Å². The third-order valence-electron chi connectivity index (χ3n) is 3.63. The molecule has 0 bridgehead atoms. The first kappa shape index (κ1) is 11.7. The maximum Gasteiger partial charge on any atom is 0.179 e. The number of nitrogens with zero attached hydrogens (tertiary/aromatic N) is 2. The maximum absolute atomic E-state index is 5.98. The lowest BCUT2D eigenvalue weighted by Gasteiger charge is -2.11. The van der Waals surface area contributed by atoms with E-state index in [1.54, 1.807) is 6.20 Å². The second kappa shape index (κ2) is 4.45. The fourth-order valence-corrected chi connectivity index (χ4v) is 2.99. The van der Waals surface area contributed by atoms with Crippen LogP contribution in [0.2, 0.25) is 0 Å². The highest BCUT2D eigenvalue weighted by atomic mass is 32.1. The summed E-state index contributed by atoms with van der Waals surface area (Å²) in [5.41, 5.74) is 3.11. The normalized spacial score (nSPS) is 17.1. The number of fused-ring (bicyclic) bond motifs is 2. The number of pyridine rings is 1. The van der Waals surface area contributed by atoms with Gasteiger partial charge in [-0.2, -0.15) is 0 Å². The van der Waals surface area contributed by atoms with Crippen LogP contribution in [0.25, 0.3) is 11.2 Å². The summed E-state index contributed by atoms with van der Waals surface area (Å²) in [6.07, 6.45) is 2.81. The van der Waals surface area contributed by atoms with Crippen LogP contribution in [0.5, 0.6) is 5.75 Å². The molecule has 0 amide bonds. The van der Waals surface area contributed by atoms with Crippen molar-refractivity contribution in [2.24, 2.45) is 0 Å². The Morgan fingerprint density at radius 3 is 3.10 bits per heavy atom. The van der Waals surface area contributed by atoms with Gasteiger partial charge in [-0.05, 0) is 36.0 Å². The standard InChI is InChI=1S/C15H13N3OS/c20-15-17-12-5-3-7-16-14(12)18(15)9-11-8-10-4-1-2-6-13(10)19-11/h1-7,11H,8-9H2,(H,17,20). The maximum atomic E-state index is 5.98. The number of nitrogens with one attached hydrogen (secondary N) is 1. The highest BCUT2D eigenvalue weighted by Crippen LogP contribution is 2.29. The van der Waals surface area contributed by atoms with Crippen molar-refractivity contribution in [1.82, 2.24) is 14.5 Å². The van der Waals surface area contributed by atoms with E-state index in [1.807, 2.05) is 34.9 Å². The Morgan fingerprint density at radius 1 is 1.30 bits per heavy atom. The molecule has 2 aromatic heterocycles. The number of para-hydroxylation sites is 1. The molecule has 0 aliphatic carbocycles. The molecule has 0 saturated carbocycles. The molecule has 1 N–H and O–H groups in total. The van der Waals surface area contributed by atoms with E-state index in [4.69, 9.17) is 17.0 Å². The fourth-order valence-electron chi connectivity index (χ4n) is 2.72. The van der Waals surface area contributed by atoms with E-state index < -0.39 is 0 Å². The van der Waals surface area contributed by atoms with Crippen molar-refractivity contribution in [3.63, 3.8) is 0 Å². The van der Waals surface area contributed by atoms with Gasteiger partial charge in [0.1, 0.15) is 11.9 Å². The van der Waals surface area contributed by atoms with Crippen LogP contribution >= 0.6 is 12.2 Å². The fraction of sp³-hybridized carbons (Fsp3) is 0.200. The minimum atomic E-state index is 0.111. The van der Waals surface area contributed by atoms with Crippen LogP contribution in [0, 0.1) is 4.77 Å². The predicted molar refractivity (Wildman–Crippen MR) is 79.5 cm³/mol. The quantitative estimate of drug-likeness (QED) is 0.735. The third kappa shape index (κ3) is 1.82. The van der Waals surface area contributed by atoms with Crippen molar-refractivity contribution in [1.29, 1.82) is 0 Å². The van der Waals surface area contributed by atoms with Gasteiger partial charge in [0.25, 0.3) is 0 Å². The lowest BCUT2D eigenvalue weighted by atomic mass is 10.1. The van der Waals surface area contributed by atoms with Crippen LogP contribution in [0.1, 0.15) is 5.56 Å². The summed E-state index contributed by atoms with van der Waals surface area (Å²) in [7, 11) is 0. The molecular weight excluding hydrogens is 270 g/mol. The molecule has 0 fully saturated rings. The van der Waals surface area contributed by atoms with Crippen molar-refractivity contribution < 1.29 is 4.74 Å². The third-order valence-corrected chi connectivity index (χ3v) is 3.95. The summed E-state index contributed by atoms with van der Waals surface area (Å²) in [6.45, 7) is 0.713. The van der Waals surface area contributed by atoms with Gasteiger partial charge in [-0.15, -0.1) is 0 Å². The second-order valence-corrected chi connectivity index (χ2v) is 5.35. The van der Waals surface area contributed by atoms with Crippen LogP contribution in [0.4, 0.5) is 0 Å². The molecule has 1 aliphatic rings. The molecule has 4 nitrogen and oxygen atoms in total. The van der Waals surface area contributed by atoms with Crippen LogP contribution in [0.3, 0.4) is 0 Å². The zero-order chi connectivity index (χ0) is 13.5. The summed E-state index contributed by atoms with van der Waals surface area (Å²) >= 11 is 5.39. The molecule has 0 saturated heterocycles. The van der Waals surface area contributed by atoms with Gasteiger partial charge in [-0.3, -0.25) is 4.57 Å².